The molecule has 13 nitrogen and oxygen atoms in total. The number of rotatable bonds is 6. The molecule has 3 rings (SSSR count). The van der Waals surface area contributed by atoms with Crippen molar-refractivity contribution in [2.24, 2.45) is 5.73 Å². The minimum atomic E-state index is -1.21. The molecule has 34 heavy (non-hydrogen) atoms. The van der Waals surface area contributed by atoms with Crippen molar-refractivity contribution in [3.8, 4) is 0 Å². The first-order valence-corrected chi connectivity index (χ1v) is 11.7. The molecule has 188 valence electrons. The van der Waals surface area contributed by atoms with E-state index in [9.17, 15) is 29.1 Å². The Morgan fingerprint density at radius 1 is 1.15 bits per heavy atom. The van der Waals surface area contributed by atoms with Crippen molar-refractivity contribution < 1.29 is 29.1 Å². The lowest BCUT2D eigenvalue weighted by atomic mass is 9.97. The van der Waals surface area contributed by atoms with E-state index in [4.69, 9.17) is 11.1 Å². The molecule has 0 unspecified atom stereocenters. The van der Waals surface area contributed by atoms with E-state index in [0.29, 0.717) is 45.1 Å². The average molecular weight is 480 g/mol. The SMILES string of the molecule is N=C(N)NCCC[C@@H]1NC(=O)CNC(=O)[C@@H](CC(=O)O)N[C@H]2CCC[C@H]3CC[C@H](C1=O)N3C2=O. The smallest absolute Gasteiger partial charge is 0.305 e. The number of fused-ring (bicyclic) bond motifs is 1. The summed E-state index contributed by atoms with van der Waals surface area (Å²) in [6.07, 6.45) is 3.15. The highest BCUT2D eigenvalue weighted by Gasteiger charge is 2.46. The molecule has 3 saturated heterocycles. The van der Waals surface area contributed by atoms with Crippen molar-refractivity contribution in [2.75, 3.05) is 13.1 Å². The van der Waals surface area contributed by atoms with Crippen LogP contribution in [0.5, 0.6) is 0 Å². The third-order valence-electron chi connectivity index (χ3n) is 6.60. The number of nitrogens with two attached hydrogens (primary N) is 1. The molecule has 0 aromatic heterocycles. The van der Waals surface area contributed by atoms with E-state index in [1.807, 2.05) is 0 Å². The number of nitrogens with one attached hydrogen (secondary N) is 5. The van der Waals surface area contributed by atoms with Gasteiger partial charge in [0.1, 0.15) is 0 Å². The van der Waals surface area contributed by atoms with Gasteiger partial charge in [0.15, 0.2) is 11.7 Å². The number of ketones is 1. The molecule has 0 radical (unpaired) electrons. The fourth-order valence-corrected chi connectivity index (χ4v) is 5.02. The van der Waals surface area contributed by atoms with Gasteiger partial charge < -0.3 is 31.7 Å². The third kappa shape index (κ3) is 6.22. The average Bonchev–Trinajstić information content (AvgIpc) is 3.13. The van der Waals surface area contributed by atoms with Crippen molar-refractivity contribution in [3.05, 3.63) is 0 Å². The van der Waals surface area contributed by atoms with Crippen LogP contribution in [0.3, 0.4) is 0 Å². The molecule has 3 heterocycles. The third-order valence-corrected chi connectivity index (χ3v) is 6.60. The van der Waals surface area contributed by atoms with Crippen LogP contribution in [0, 0.1) is 5.41 Å². The summed E-state index contributed by atoms with van der Waals surface area (Å²) in [5.74, 6) is -3.28. The number of carbonyl (C=O) groups is 5. The van der Waals surface area contributed by atoms with Gasteiger partial charge >= 0.3 is 5.97 Å². The van der Waals surface area contributed by atoms with E-state index in [1.165, 1.54) is 0 Å². The minimum absolute atomic E-state index is 0.110. The number of guanidine groups is 1. The number of hydrogen-bond acceptors (Lipinski definition) is 7. The van der Waals surface area contributed by atoms with Crippen molar-refractivity contribution in [1.82, 2.24) is 26.2 Å². The Morgan fingerprint density at radius 3 is 2.62 bits per heavy atom. The van der Waals surface area contributed by atoms with Crippen LogP contribution in [-0.2, 0) is 24.0 Å². The van der Waals surface area contributed by atoms with Gasteiger partial charge in [-0.3, -0.25) is 34.7 Å². The van der Waals surface area contributed by atoms with Gasteiger partial charge in [-0.25, -0.2) is 0 Å². The van der Waals surface area contributed by atoms with Crippen LogP contribution < -0.4 is 27.0 Å². The molecule has 3 amide bonds. The monoisotopic (exact) mass is 479 g/mol. The topological polar surface area (TPSA) is 207 Å². The quantitative estimate of drug-likeness (QED) is 0.125. The van der Waals surface area contributed by atoms with E-state index < -0.39 is 54.9 Å². The van der Waals surface area contributed by atoms with E-state index in [-0.39, 0.29) is 30.1 Å². The molecule has 8 N–H and O–H groups in total. The number of Topliss-reactive ketones (excluding diaryl/α,β-unsaturated/α-hetero) is 1. The van der Waals surface area contributed by atoms with Gasteiger partial charge in [0.2, 0.25) is 17.7 Å². The predicted octanol–water partition coefficient (Wildman–Crippen LogP) is -2.22. The molecule has 3 aliphatic heterocycles. The van der Waals surface area contributed by atoms with E-state index in [0.717, 1.165) is 0 Å². The second-order valence-electron chi connectivity index (χ2n) is 9.02. The van der Waals surface area contributed by atoms with Crippen LogP contribution in [0.4, 0.5) is 0 Å². The fraction of sp³-hybridized carbons (Fsp3) is 0.714. The standard InChI is InChI=1S/C21H33N7O6/c22-21(23)24-8-2-5-12-18(32)15-7-6-11-3-1-4-13(20(34)28(11)15)26-14(9-17(30)31)19(33)25-10-16(29)27-12/h11-15,26H,1-10H2,(H,25,33)(H,27,29)(H,30,31)(H4,22,23,24)/t11-,12-,13-,14+,15+/m0/s1. The summed E-state index contributed by atoms with van der Waals surface area (Å²) in [6, 6.07) is -3.67. The van der Waals surface area contributed by atoms with E-state index >= 15 is 0 Å². The Labute approximate surface area is 197 Å². The maximum atomic E-state index is 13.5. The van der Waals surface area contributed by atoms with Gasteiger partial charge in [-0.05, 0) is 44.9 Å². The van der Waals surface area contributed by atoms with E-state index in [1.54, 1.807) is 4.90 Å². The van der Waals surface area contributed by atoms with Crippen molar-refractivity contribution in [1.29, 1.82) is 5.41 Å². The Morgan fingerprint density at radius 2 is 1.91 bits per heavy atom. The first kappa shape index (κ1) is 25.4. The highest BCUT2D eigenvalue weighted by Crippen LogP contribution is 2.33. The van der Waals surface area contributed by atoms with Gasteiger partial charge in [-0.15, -0.1) is 0 Å². The lowest BCUT2D eigenvalue weighted by molar-refractivity contribution is -0.143. The molecular formula is C21H33N7O6. The minimum Gasteiger partial charge on any atom is -0.481 e. The number of carboxylic acids is 1. The summed E-state index contributed by atoms with van der Waals surface area (Å²) >= 11 is 0. The molecule has 3 fully saturated rings. The molecule has 0 saturated carbocycles. The molecule has 0 spiro atoms. The second kappa shape index (κ2) is 11.3. The second-order valence-corrected chi connectivity index (χ2v) is 9.02. The highest BCUT2D eigenvalue weighted by atomic mass is 16.4. The maximum Gasteiger partial charge on any atom is 0.305 e. The molecule has 0 aromatic carbocycles. The summed E-state index contributed by atoms with van der Waals surface area (Å²) in [7, 11) is 0. The van der Waals surface area contributed by atoms with Crippen LogP contribution in [0.25, 0.3) is 0 Å². The van der Waals surface area contributed by atoms with Crippen molar-refractivity contribution in [2.45, 2.75) is 81.6 Å². The zero-order valence-corrected chi connectivity index (χ0v) is 19.0. The largest absolute Gasteiger partial charge is 0.481 e. The van der Waals surface area contributed by atoms with Crippen LogP contribution in [0.2, 0.25) is 0 Å². The van der Waals surface area contributed by atoms with Gasteiger partial charge in [0.05, 0.1) is 37.1 Å². The van der Waals surface area contributed by atoms with Crippen molar-refractivity contribution >= 4 is 35.4 Å². The summed E-state index contributed by atoms with van der Waals surface area (Å²) in [5.41, 5.74) is 5.29. The van der Waals surface area contributed by atoms with Gasteiger partial charge in [0.25, 0.3) is 0 Å². The van der Waals surface area contributed by atoms with Crippen LogP contribution >= 0.6 is 0 Å². The summed E-state index contributed by atoms with van der Waals surface area (Å²) in [6.45, 7) is -0.0910. The lowest BCUT2D eigenvalue weighted by Crippen LogP contribution is -2.57. The Balaban J connectivity index is 1.88. The molecule has 5 atom stereocenters. The molecule has 2 bridgehead atoms. The maximum absolute atomic E-state index is 13.5. The summed E-state index contributed by atoms with van der Waals surface area (Å²) < 4.78 is 0. The Kier molecular flexibility index (Phi) is 8.42. The number of carboxylic acid groups (broad SMARTS) is 1. The number of carbonyl (C=O) groups excluding carboxylic acids is 4. The summed E-state index contributed by atoms with van der Waals surface area (Å²) in [5, 5.41) is 27.1. The molecule has 13 heteroatoms. The first-order valence-electron chi connectivity index (χ1n) is 11.7. The zero-order valence-electron chi connectivity index (χ0n) is 19.0. The number of amides is 3. The fourth-order valence-electron chi connectivity index (χ4n) is 5.02. The normalized spacial score (nSPS) is 30.2. The number of nitrogens with zero attached hydrogens (tertiary/aromatic N) is 1. The lowest BCUT2D eigenvalue weighted by Gasteiger charge is -2.33. The zero-order chi connectivity index (χ0) is 24.8. The molecular weight excluding hydrogens is 446 g/mol. The Hall–Kier alpha value is -3.22. The molecule has 3 aliphatic rings. The van der Waals surface area contributed by atoms with Crippen LogP contribution in [-0.4, -0.2) is 88.7 Å². The van der Waals surface area contributed by atoms with Crippen LogP contribution in [0.15, 0.2) is 0 Å². The van der Waals surface area contributed by atoms with Crippen molar-refractivity contribution in [3.63, 3.8) is 0 Å². The predicted molar refractivity (Wildman–Crippen MR) is 120 cm³/mol. The highest BCUT2D eigenvalue weighted by molar-refractivity contribution is 5.98. The number of hydrogen-bond donors (Lipinski definition) is 7. The van der Waals surface area contributed by atoms with E-state index in [2.05, 4.69) is 21.3 Å². The Bertz CT molecular complexity index is 849. The van der Waals surface area contributed by atoms with Crippen LogP contribution in [0.1, 0.15) is 51.4 Å². The number of aliphatic carboxylic acids is 1. The van der Waals surface area contributed by atoms with Gasteiger partial charge in [0, 0.05) is 12.6 Å². The molecule has 0 aliphatic carbocycles. The molecule has 0 aromatic rings. The first-order chi connectivity index (χ1) is 16.2. The van der Waals surface area contributed by atoms with Gasteiger partial charge in [-0.2, -0.15) is 0 Å². The summed E-state index contributed by atoms with van der Waals surface area (Å²) in [4.78, 5) is 65.2. The van der Waals surface area contributed by atoms with Gasteiger partial charge in [-0.1, -0.05) is 0 Å².